The van der Waals surface area contributed by atoms with Crippen molar-refractivity contribution in [2.45, 2.75) is 13.1 Å². The zero-order chi connectivity index (χ0) is 20.4. The van der Waals surface area contributed by atoms with Gasteiger partial charge in [0.25, 0.3) is 5.56 Å². The first kappa shape index (κ1) is 18.5. The Labute approximate surface area is 164 Å². The first-order valence-corrected chi connectivity index (χ1v) is 8.95. The zero-order valence-electron chi connectivity index (χ0n) is 15.3. The number of carbonyl (C=O) groups is 1. The fourth-order valence-corrected chi connectivity index (χ4v) is 3.17. The van der Waals surface area contributed by atoms with E-state index in [2.05, 4.69) is 4.98 Å². The lowest BCUT2D eigenvalue weighted by Crippen LogP contribution is -2.41. The molecule has 0 fully saturated rings. The topological polar surface area (TPSA) is 74.0 Å². The van der Waals surface area contributed by atoms with Crippen LogP contribution < -0.4 is 11.2 Å². The van der Waals surface area contributed by atoms with Gasteiger partial charge in [0.15, 0.2) is 11.3 Å². The number of hydrogen-bond acceptors (Lipinski definition) is 4. The standard InChI is InChI=1S/C22H16FN3O3/c23-17-10-8-15(9-11-17)13-26-21(28)20-18(7-4-12-24-20)25(22(26)29)14-19(27)16-5-2-1-3-6-16/h1-12H,13-14H2. The molecule has 0 bridgehead atoms. The van der Waals surface area contributed by atoms with E-state index in [1.165, 1.54) is 35.0 Å². The number of halogens is 1. The average molecular weight is 389 g/mol. The third kappa shape index (κ3) is 3.62. The normalized spacial score (nSPS) is 10.9. The second kappa shape index (κ2) is 7.63. The summed E-state index contributed by atoms with van der Waals surface area (Å²) in [5.41, 5.74) is 0.259. The molecular weight excluding hydrogens is 373 g/mol. The second-order valence-corrected chi connectivity index (χ2v) is 6.55. The predicted molar refractivity (Wildman–Crippen MR) is 107 cm³/mol. The number of pyridine rings is 1. The summed E-state index contributed by atoms with van der Waals surface area (Å²) in [5.74, 6) is -0.669. The first-order chi connectivity index (χ1) is 14.0. The average Bonchev–Trinajstić information content (AvgIpc) is 2.76. The van der Waals surface area contributed by atoms with Gasteiger partial charge in [-0.1, -0.05) is 42.5 Å². The molecule has 0 N–H and O–H groups in total. The van der Waals surface area contributed by atoms with Gasteiger partial charge in [-0.3, -0.25) is 18.7 Å². The highest BCUT2D eigenvalue weighted by atomic mass is 19.1. The summed E-state index contributed by atoms with van der Waals surface area (Å²) in [6.45, 7) is -0.279. The highest BCUT2D eigenvalue weighted by Gasteiger charge is 2.17. The van der Waals surface area contributed by atoms with Gasteiger partial charge in [0.05, 0.1) is 18.6 Å². The Kier molecular flexibility index (Phi) is 4.87. The third-order valence-electron chi connectivity index (χ3n) is 4.64. The van der Waals surface area contributed by atoms with Crippen LogP contribution in [0.15, 0.2) is 82.5 Å². The molecule has 2 aromatic carbocycles. The van der Waals surface area contributed by atoms with E-state index in [1.807, 2.05) is 0 Å². The van der Waals surface area contributed by atoms with Crippen LogP contribution in [0, 0.1) is 5.82 Å². The number of Topliss-reactive ketones (excluding diaryl/α,β-unsaturated/α-hetero) is 1. The van der Waals surface area contributed by atoms with Crippen molar-refractivity contribution < 1.29 is 9.18 Å². The van der Waals surface area contributed by atoms with Crippen LogP contribution in [-0.4, -0.2) is 19.9 Å². The number of rotatable bonds is 5. The highest BCUT2D eigenvalue weighted by molar-refractivity contribution is 5.96. The Morgan fingerprint density at radius 1 is 0.897 bits per heavy atom. The van der Waals surface area contributed by atoms with Crippen LogP contribution >= 0.6 is 0 Å². The largest absolute Gasteiger partial charge is 0.332 e. The van der Waals surface area contributed by atoms with Gasteiger partial charge in [-0.2, -0.15) is 0 Å². The summed E-state index contributed by atoms with van der Waals surface area (Å²) < 4.78 is 15.4. The van der Waals surface area contributed by atoms with Crippen molar-refractivity contribution in [2.75, 3.05) is 0 Å². The molecule has 7 heteroatoms. The van der Waals surface area contributed by atoms with Crippen LogP contribution in [0.2, 0.25) is 0 Å². The van der Waals surface area contributed by atoms with E-state index in [-0.39, 0.29) is 24.4 Å². The van der Waals surface area contributed by atoms with Gasteiger partial charge < -0.3 is 0 Å². The smallest absolute Gasteiger partial charge is 0.292 e. The molecule has 2 aromatic heterocycles. The van der Waals surface area contributed by atoms with Crippen LogP contribution in [-0.2, 0) is 13.1 Å². The first-order valence-electron chi connectivity index (χ1n) is 8.95. The summed E-state index contributed by atoms with van der Waals surface area (Å²) in [7, 11) is 0. The van der Waals surface area contributed by atoms with E-state index >= 15 is 0 Å². The molecule has 0 spiro atoms. The van der Waals surface area contributed by atoms with Gasteiger partial charge in [0, 0.05) is 11.8 Å². The predicted octanol–water partition coefficient (Wildman–Crippen LogP) is 2.63. The van der Waals surface area contributed by atoms with Crippen molar-refractivity contribution in [1.82, 2.24) is 14.1 Å². The maximum atomic E-state index is 13.2. The number of aromatic nitrogens is 3. The Morgan fingerprint density at radius 2 is 1.62 bits per heavy atom. The lowest BCUT2D eigenvalue weighted by atomic mass is 10.1. The molecule has 4 rings (SSSR count). The summed E-state index contributed by atoms with van der Waals surface area (Å²) >= 11 is 0. The van der Waals surface area contributed by atoms with Crippen molar-refractivity contribution in [3.8, 4) is 0 Å². The molecule has 0 unspecified atom stereocenters. The number of benzene rings is 2. The van der Waals surface area contributed by atoms with Crippen molar-refractivity contribution in [3.63, 3.8) is 0 Å². The molecule has 0 saturated heterocycles. The number of carbonyl (C=O) groups excluding carboxylic acids is 1. The molecule has 0 saturated carbocycles. The Balaban J connectivity index is 1.85. The minimum Gasteiger partial charge on any atom is -0.292 e. The fourth-order valence-electron chi connectivity index (χ4n) is 3.17. The van der Waals surface area contributed by atoms with Crippen molar-refractivity contribution in [2.24, 2.45) is 0 Å². The number of nitrogens with zero attached hydrogens (tertiary/aromatic N) is 3. The molecule has 0 atom stereocenters. The quantitative estimate of drug-likeness (QED) is 0.492. The second-order valence-electron chi connectivity index (χ2n) is 6.55. The van der Waals surface area contributed by atoms with E-state index in [9.17, 15) is 18.8 Å². The van der Waals surface area contributed by atoms with Crippen LogP contribution in [0.1, 0.15) is 15.9 Å². The summed E-state index contributed by atoms with van der Waals surface area (Å²) in [5, 5.41) is 0. The van der Waals surface area contributed by atoms with Crippen molar-refractivity contribution >= 4 is 16.8 Å². The molecule has 0 radical (unpaired) electrons. The molecule has 29 heavy (non-hydrogen) atoms. The minimum absolute atomic E-state index is 0.0516. The van der Waals surface area contributed by atoms with Crippen LogP contribution in [0.3, 0.4) is 0 Å². The van der Waals surface area contributed by atoms with E-state index in [1.54, 1.807) is 42.5 Å². The Bertz CT molecular complexity index is 1310. The minimum atomic E-state index is -0.621. The number of fused-ring (bicyclic) bond motifs is 1. The monoisotopic (exact) mass is 389 g/mol. The van der Waals surface area contributed by atoms with E-state index < -0.39 is 17.1 Å². The SMILES string of the molecule is O=C(Cn1c(=O)n(Cc2ccc(F)cc2)c(=O)c2ncccc21)c1ccccc1. The summed E-state index contributed by atoms with van der Waals surface area (Å²) in [4.78, 5) is 42.8. The number of ketones is 1. The van der Waals surface area contributed by atoms with Crippen molar-refractivity contribution in [3.05, 3.63) is 111 Å². The molecule has 0 aliphatic rings. The zero-order valence-corrected chi connectivity index (χ0v) is 15.3. The van der Waals surface area contributed by atoms with Crippen LogP contribution in [0.25, 0.3) is 11.0 Å². The van der Waals surface area contributed by atoms with Crippen LogP contribution in [0.4, 0.5) is 4.39 Å². The van der Waals surface area contributed by atoms with Crippen molar-refractivity contribution in [1.29, 1.82) is 0 Å². The van der Waals surface area contributed by atoms with Gasteiger partial charge in [-0.25, -0.2) is 14.2 Å². The molecule has 144 valence electrons. The lowest BCUT2D eigenvalue weighted by molar-refractivity contribution is 0.0971. The van der Waals surface area contributed by atoms with E-state index in [0.29, 0.717) is 16.6 Å². The summed E-state index contributed by atoms with van der Waals surface area (Å²) in [6.07, 6.45) is 1.46. The van der Waals surface area contributed by atoms with Gasteiger partial charge in [0.1, 0.15) is 5.82 Å². The van der Waals surface area contributed by atoms with E-state index in [4.69, 9.17) is 0 Å². The molecule has 6 nitrogen and oxygen atoms in total. The lowest BCUT2D eigenvalue weighted by Gasteiger charge is -2.13. The van der Waals surface area contributed by atoms with Gasteiger partial charge in [-0.05, 0) is 29.8 Å². The maximum Gasteiger partial charge on any atom is 0.332 e. The fraction of sp³-hybridized carbons (Fsp3) is 0.0909. The molecule has 0 aliphatic carbocycles. The van der Waals surface area contributed by atoms with Gasteiger partial charge in [-0.15, -0.1) is 0 Å². The van der Waals surface area contributed by atoms with Crippen LogP contribution in [0.5, 0.6) is 0 Å². The molecule has 4 aromatic rings. The summed E-state index contributed by atoms with van der Waals surface area (Å²) in [6, 6.07) is 17.3. The highest BCUT2D eigenvalue weighted by Crippen LogP contribution is 2.09. The van der Waals surface area contributed by atoms with Gasteiger partial charge >= 0.3 is 5.69 Å². The molecule has 0 aliphatic heterocycles. The number of hydrogen-bond donors (Lipinski definition) is 0. The van der Waals surface area contributed by atoms with Gasteiger partial charge in [0.2, 0.25) is 0 Å². The third-order valence-corrected chi connectivity index (χ3v) is 4.64. The molecule has 0 amide bonds. The molecular formula is C22H16FN3O3. The Morgan fingerprint density at radius 3 is 2.34 bits per heavy atom. The maximum absolute atomic E-state index is 13.2. The molecule has 2 heterocycles. The Hall–Kier alpha value is -3.87. The van der Waals surface area contributed by atoms with E-state index in [0.717, 1.165) is 4.57 Å².